The number of aromatic nitrogens is 2. The van der Waals surface area contributed by atoms with Crippen molar-refractivity contribution >= 4 is 11.6 Å². The molecule has 0 saturated carbocycles. The van der Waals surface area contributed by atoms with Crippen LogP contribution < -0.4 is 5.32 Å². The van der Waals surface area contributed by atoms with E-state index in [4.69, 9.17) is 0 Å². The highest BCUT2D eigenvalue weighted by molar-refractivity contribution is 5.75. The first kappa shape index (κ1) is 13.1. The zero-order valence-electron chi connectivity index (χ0n) is 10.2. The van der Waals surface area contributed by atoms with Crippen molar-refractivity contribution in [2.45, 2.75) is 33.7 Å². The molecule has 1 heterocycles. The summed E-state index contributed by atoms with van der Waals surface area (Å²) < 4.78 is 1.36. The average Bonchev–Trinajstić information content (AvgIpc) is 2.51. The van der Waals surface area contributed by atoms with Gasteiger partial charge in [0.25, 0.3) is 0 Å². The summed E-state index contributed by atoms with van der Waals surface area (Å²) in [5, 5.41) is 17.5. The van der Waals surface area contributed by atoms with Crippen molar-refractivity contribution in [3.63, 3.8) is 0 Å². The van der Waals surface area contributed by atoms with E-state index in [1.807, 2.05) is 6.92 Å². The van der Waals surface area contributed by atoms with Crippen LogP contribution in [0.4, 0.5) is 5.69 Å². The standard InChI is InChI=1S/C10H16N4O3/c1-4-5-11-9(15)6-13-8(3)10(14(16)17)7(2)12-13/h4-6H2,1-3H3,(H,11,15). The van der Waals surface area contributed by atoms with Crippen molar-refractivity contribution in [2.75, 3.05) is 6.54 Å². The number of carbonyl (C=O) groups is 1. The maximum absolute atomic E-state index is 11.5. The van der Waals surface area contributed by atoms with Gasteiger partial charge in [-0.2, -0.15) is 5.10 Å². The number of nitro groups is 1. The maximum atomic E-state index is 11.5. The molecule has 1 rings (SSSR count). The Morgan fingerprint density at radius 3 is 2.65 bits per heavy atom. The topological polar surface area (TPSA) is 90.1 Å². The van der Waals surface area contributed by atoms with Gasteiger partial charge in [-0.15, -0.1) is 0 Å². The van der Waals surface area contributed by atoms with Gasteiger partial charge >= 0.3 is 5.69 Å². The van der Waals surface area contributed by atoms with Gasteiger partial charge < -0.3 is 5.32 Å². The van der Waals surface area contributed by atoms with Crippen LogP contribution in [0.15, 0.2) is 0 Å². The minimum Gasteiger partial charge on any atom is -0.355 e. The monoisotopic (exact) mass is 240 g/mol. The number of hydrogen-bond acceptors (Lipinski definition) is 4. The Morgan fingerprint density at radius 1 is 1.53 bits per heavy atom. The smallest absolute Gasteiger partial charge is 0.312 e. The van der Waals surface area contributed by atoms with E-state index in [0.717, 1.165) is 6.42 Å². The van der Waals surface area contributed by atoms with Gasteiger partial charge in [0.1, 0.15) is 17.9 Å². The normalized spacial score (nSPS) is 10.3. The molecule has 0 aliphatic rings. The summed E-state index contributed by atoms with van der Waals surface area (Å²) in [7, 11) is 0. The molecule has 0 unspecified atom stereocenters. The largest absolute Gasteiger partial charge is 0.355 e. The molecular weight excluding hydrogens is 224 g/mol. The fourth-order valence-electron chi connectivity index (χ4n) is 1.56. The third kappa shape index (κ3) is 3.02. The van der Waals surface area contributed by atoms with E-state index in [0.29, 0.717) is 17.9 Å². The molecule has 0 radical (unpaired) electrons. The molecule has 0 aliphatic carbocycles. The zero-order chi connectivity index (χ0) is 13.0. The summed E-state index contributed by atoms with van der Waals surface area (Å²) in [6.45, 7) is 5.71. The molecule has 0 spiro atoms. The Morgan fingerprint density at radius 2 is 2.18 bits per heavy atom. The molecule has 0 aromatic carbocycles. The SMILES string of the molecule is CCCNC(=O)Cn1nc(C)c([N+](=O)[O-])c1C. The van der Waals surface area contributed by atoms with Gasteiger partial charge in [-0.05, 0) is 20.3 Å². The van der Waals surface area contributed by atoms with Crippen molar-refractivity contribution in [1.29, 1.82) is 0 Å². The van der Waals surface area contributed by atoms with E-state index in [9.17, 15) is 14.9 Å². The van der Waals surface area contributed by atoms with Crippen molar-refractivity contribution in [1.82, 2.24) is 15.1 Å². The molecule has 94 valence electrons. The fraction of sp³-hybridized carbons (Fsp3) is 0.600. The number of nitrogens with zero attached hydrogens (tertiary/aromatic N) is 3. The van der Waals surface area contributed by atoms with Crippen molar-refractivity contribution in [3.05, 3.63) is 21.5 Å². The van der Waals surface area contributed by atoms with Gasteiger partial charge in [-0.25, -0.2) is 0 Å². The van der Waals surface area contributed by atoms with Crippen molar-refractivity contribution < 1.29 is 9.72 Å². The Bertz CT molecular complexity index is 439. The molecule has 1 aromatic rings. The van der Waals surface area contributed by atoms with Gasteiger partial charge in [-0.1, -0.05) is 6.92 Å². The highest BCUT2D eigenvalue weighted by Crippen LogP contribution is 2.21. The van der Waals surface area contributed by atoms with E-state index in [-0.39, 0.29) is 18.1 Å². The minimum absolute atomic E-state index is 0.0144. The van der Waals surface area contributed by atoms with E-state index in [1.54, 1.807) is 13.8 Å². The predicted molar refractivity (Wildman–Crippen MR) is 61.7 cm³/mol. The molecule has 1 amide bonds. The van der Waals surface area contributed by atoms with E-state index < -0.39 is 4.92 Å². The number of rotatable bonds is 5. The average molecular weight is 240 g/mol. The lowest BCUT2D eigenvalue weighted by Crippen LogP contribution is -2.28. The van der Waals surface area contributed by atoms with Crippen LogP contribution in [0.5, 0.6) is 0 Å². The van der Waals surface area contributed by atoms with Crippen LogP contribution in [0.1, 0.15) is 24.7 Å². The molecule has 1 aromatic heterocycles. The van der Waals surface area contributed by atoms with Gasteiger partial charge in [0.15, 0.2) is 0 Å². The molecule has 0 bridgehead atoms. The quantitative estimate of drug-likeness (QED) is 0.612. The number of aryl methyl sites for hydroxylation is 1. The Labute approximate surface area is 99.0 Å². The third-order valence-electron chi connectivity index (χ3n) is 2.39. The van der Waals surface area contributed by atoms with Gasteiger partial charge in [0.2, 0.25) is 5.91 Å². The lowest BCUT2D eigenvalue weighted by atomic mass is 10.3. The van der Waals surface area contributed by atoms with Crippen molar-refractivity contribution in [3.8, 4) is 0 Å². The minimum atomic E-state index is -0.474. The first-order chi connectivity index (χ1) is 7.97. The second-order valence-corrected chi connectivity index (χ2v) is 3.78. The molecular formula is C10H16N4O3. The molecule has 7 nitrogen and oxygen atoms in total. The summed E-state index contributed by atoms with van der Waals surface area (Å²) in [6, 6.07) is 0. The number of hydrogen-bond donors (Lipinski definition) is 1. The summed E-state index contributed by atoms with van der Waals surface area (Å²) in [5.41, 5.74) is 0.711. The number of amides is 1. The molecule has 0 aliphatic heterocycles. The van der Waals surface area contributed by atoms with E-state index >= 15 is 0 Å². The van der Waals surface area contributed by atoms with Crippen LogP contribution in [-0.2, 0) is 11.3 Å². The number of nitrogens with one attached hydrogen (secondary N) is 1. The summed E-state index contributed by atoms with van der Waals surface area (Å²) >= 11 is 0. The fourth-order valence-corrected chi connectivity index (χ4v) is 1.56. The number of carbonyl (C=O) groups excluding carboxylic acids is 1. The molecule has 1 N–H and O–H groups in total. The molecule has 0 saturated heterocycles. The second-order valence-electron chi connectivity index (χ2n) is 3.78. The van der Waals surface area contributed by atoms with Crippen LogP contribution in [0.25, 0.3) is 0 Å². The summed E-state index contributed by atoms with van der Waals surface area (Å²) in [4.78, 5) is 21.8. The third-order valence-corrected chi connectivity index (χ3v) is 2.39. The lowest BCUT2D eigenvalue weighted by Gasteiger charge is -2.04. The Kier molecular flexibility index (Phi) is 4.19. The molecule has 0 fully saturated rings. The van der Waals surface area contributed by atoms with Crippen LogP contribution in [0.3, 0.4) is 0 Å². The predicted octanol–water partition coefficient (Wildman–Crippen LogP) is 0.934. The molecule has 0 atom stereocenters. The highest BCUT2D eigenvalue weighted by atomic mass is 16.6. The van der Waals surface area contributed by atoms with Crippen molar-refractivity contribution in [2.24, 2.45) is 0 Å². The van der Waals surface area contributed by atoms with Crippen LogP contribution in [0, 0.1) is 24.0 Å². The van der Waals surface area contributed by atoms with Gasteiger partial charge in [0.05, 0.1) is 4.92 Å². The highest BCUT2D eigenvalue weighted by Gasteiger charge is 2.22. The summed E-state index contributed by atoms with van der Waals surface area (Å²) in [5.74, 6) is -0.188. The maximum Gasteiger partial charge on any atom is 0.312 e. The van der Waals surface area contributed by atoms with Crippen LogP contribution >= 0.6 is 0 Å². The van der Waals surface area contributed by atoms with Crippen LogP contribution in [0.2, 0.25) is 0 Å². The molecule has 17 heavy (non-hydrogen) atoms. The Hall–Kier alpha value is -1.92. The first-order valence-corrected chi connectivity index (χ1v) is 5.42. The van der Waals surface area contributed by atoms with Gasteiger partial charge in [0, 0.05) is 6.54 Å². The summed E-state index contributed by atoms with van der Waals surface area (Å²) in [6.07, 6.45) is 0.850. The second kappa shape index (κ2) is 5.42. The van der Waals surface area contributed by atoms with Crippen LogP contribution in [-0.4, -0.2) is 27.2 Å². The van der Waals surface area contributed by atoms with E-state index in [1.165, 1.54) is 4.68 Å². The zero-order valence-corrected chi connectivity index (χ0v) is 10.2. The Balaban J connectivity index is 2.83. The lowest BCUT2D eigenvalue weighted by molar-refractivity contribution is -0.386. The first-order valence-electron chi connectivity index (χ1n) is 5.42. The van der Waals surface area contributed by atoms with Gasteiger partial charge in [-0.3, -0.25) is 19.6 Å². The molecule has 7 heteroatoms. The van der Waals surface area contributed by atoms with E-state index in [2.05, 4.69) is 10.4 Å².